The summed E-state index contributed by atoms with van der Waals surface area (Å²) in [7, 11) is -4.64. The van der Waals surface area contributed by atoms with Crippen LogP contribution in [-0.4, -0.2) is 39.0 Å². The lowest BCUT2D eigenvalue weighted by Gasteiger charge is -2.23. The first-order valence-corrected chi connectivity index (χ1v) is 8.02. The molecular formula is C13H18N3O4P. The number of rotatable bonds is 2. The molecule has 0 amide bonds. The lowest BCUT2D eigenvalue weighted by atomic mass is 10.1. The maximum Gasteiger partial charge on any atom is 0.466 e. The molecule has 114 valence electrons. The van der Waals surface area contributed by atoms with Gasteiger partial charge in [0, 0.05) is 13.1 Å². The molecule has 1 aliphatic heterocycles. The third-order valence-corrected chi connectivity index (χ3v) is 2.74. The maximum absolute atomic E-state index is 8.88. The van der Waals surface area contributed by atoms with Gasteiger partial charge < -0.3 is 14.7 Å². The van der Waals surface area contributed by atoms with Gasteiger partial charge in [0.25, 0.3) is 0 Å². The third-order valence-electron chi connectivity index (χ3n) is 2.74. The summed E-state index contributed by atoms with van der Waals surface area (Å²) < 4.78 is 8.88. The van der Waals surface area contributed by atoms with Gasteiger partial charge in [0.2, 0.25) is 0 Å². The van der Waals surface area contributed by atoms with Gasteiger partial charge in [-0.05, 0) is 37.0 Å². The van der Waals surface area contributed by atoms with E-state index in [2.05, 4.69) is 16.2 Å². The van der Waals surface area contributed by atoms with Gasteiger partial charge in [-0.25, -0.2) is 4.57 Å². The largest absolute Gasteiger partial charge is 0.466 e. The molecule has 1 saturated heterocycles. The van der Waals surface area contributed by atoms with Crippen LogP contribution in [0.1, 0.15) is 30.4 Å². The molecule has 1 heterocycles. The van der Waals surface area contributed by atoms with Crippen LogP contribution in [0.15, 0.2) is 29.4 Å². The second-order valence-electron chi connectivity index (χ2n) is 4.51. The van der Waals surface area contributed by atoms with Crippen molar-refractivity contribution in [3.63, 3.8) is 0 Å². The van der Waals surface area contributed by atoms with E-state index >= 15 is 0 Å². The van der Waals surface area contributed by atoms with Crippen molar-refractivity contribution in [2.24, 2.45) is 5.10 Å². The normalized spacial score (nSPS) is 15.2. The summed E-state index contributed by atoms with van der Waals surface area (Å²) in [5.41, 5.74) is 1.74. The van der Waals surface area contributed by atoms with E-state index in [1.54, 1.807) is 0 Å². The highest BCUT2D eigenvalue weighted by atomic mass is 31.2. The molecule has 2 rings (SSSR count). The monoisotopic (exact) mass is 311 g/mol. The van der Waals surface area contributed by atoms with Crippen molar-refractivity contribution in [3.8, 4) is 6.07 Å². The van der Waals surface area contributed by atoms with Gasteiger partial charge in [0.1, 0.15) is 0 Å². The van der Waals surface area contributed by atoms with Gasteiger partial charge in [-0.2, -0.15) is 10.4 Å². The number of hydrogen-bond donors (Lipinski definition) is 3. The van der Waals surface area contributed by atoms with Crippen LogP contribution in [0.3, 0.4) is 0 Å². The minimum atomic E-state index is -4.64. The van der Waals surface area contributed by atoms with Crippen molar-refractivity contribution in [2.45, 2.75) is 19.3 Å². The third kappa shape index (κ3) is 8.95. The predicted molar refractivity (Wildman–Crippen MR) is 78.4 cm³/mol. The zero-order valence-corrected chi connectivity index (χ0v) is 12.4. The van der Waals surface area contributed by atoms with Crippen molar-refractivity contribution in [2.75, 3.05) is 13.1 Å². The van der Waals surface area contributed by atoms with Crippen molar-refractivity contribution < 1.29 is 19.2 Å². The lowest BCUT2D eigenvalue weighted by molar-refractivity contribution is 0.240. The molecule has 0 atom stereocenters. The van der Waals surface area contributed by atoms with Crippen LogP contribution in [-0.2, 0) is 4.57 Å². The molecule has 0 aliphatic carbocycles. The molecule has 1 fully saturated rings. The van der Waals surface area contributed by atoms with E-state index in [-0.39, 0.29) is 0 Å². The Morgan fingerprint density at radius 3 is 2.14 bits per heavy atom. The van der Waals surface area contributed by atoms with Crippen LogP contribution in [0.5, 0.6) is 0 Å². The van der Waals surface area contributed by atoms with Gasteiger partial charge in [-0.15, -0.1) is 0 Å². The number of phosphoric acid groups is 1. The van der Waals surface area contributed by atoms with E-state index in [0.717, 1.165) is 18.7 Å². The SMILES string of the molecule is N#Cc1ccc(/C=N/N2CCCCC2)cc1.O=P(O)(O)O. The molecule has 0 spiro atoms. The second kappa shape index (κ2) is 8.55. The summed E-state index contributed by atoms with van der Waals surface area (Å²) in [5, 5.41) is 15.2. The zero-order chi connectivity index (χ0) is 15.7. The first-order valence-electron chi connectivity index (χ1n) is 6.46. The molecule has 0 radical (unpaired) electrons. The molecule has 0 aromatic heterocycles. The Kier molecular flexibility index (Phi) is 7.06. The Bertz CT molecular complexity index is 533. The zero-order valence-electron chi connectivity index (χ0n) is 11.5. The molecule has 1 aliphatic rings. The highest BCUT2D eigenvalue weighted by Crippen LogP contribution is 2.25. The molecule has 21 heavy (non-hydrogen) atoms. The summed E-state index contributed by atoms with van der Waals surface area (Å²) in [6.45, 7) is 2.12. The standard InChI is InChI=1S/C13H15N3.H3O4P/c14-10-12-4-6-13(7-5-12)11-15-16-8-2-1-3-9-16;1-5(2,3)4/h4-7,11H,1-3,8-9H2;(H3,1,2,3,4)/b15-11+;. The number of hydrazone groups is 1. The van der Waals surface area contributed by atoms with Gasteiger partial charge in [0.15, 0.2) is 0 Å². The molecular weight excluding hydrogens is 293 g/mol. The summed E-state index contributed by atoms with van der Waals surface area (Å²) in [5.74, 6) is 0. The second-order valence-corrected chi connectivity index (χ2v) is 5.53. The van der Waals surface area contributed by atoms with Crippen LogP contribution in [0.4, 0.5) is 0 Å². The number of nitriles is 1. The van der Waals surface area contributed by atoms with E-state index in [9.17, 15) is 0 Å². The summed E-state index contributed by atoms with van der Waals surface area (Å²) in [4.78, 5) is 21.6. The molecule has 7 nitrogen and oxygen atoms in total. The Balaban J connectivity index is 0.000000383. The first kappa shape index (κ1) is 17.3. The van der Waals surface area contributed by atoms with Crippen molar-refractivity contribution >= 4 is 14.0 Å². The Morgan fingerprint density at radius 1 is 1.14 bits per heavy atom. The lowest BCUT2D eigenvalue weighted by Crippen LogP contribution is -2.24. The van der Waals surface area contributed by atoms with Gasteiger partial charge in [-0.1, -0.05) is 12.1 Å². The van der Waals surface area contributed by atoms with Gasteiger partial charge >= 0.3 is 7.82 Å². The smallest absolute Gasteiger partial charge is 0.303 e. The molecule has 1 aromatic carbocycles. The molecule has 0 bridgehead atoms. The van der Waals surface area contributed by atoms with E-state index in [1.165, 1.54) is 19.3 Å². The number of piperidine rings is 1. The topological polar surface area (TPSA) is 117 Å². The minimum absolute atomic E-state index is 0.690. The average Bonchev–Trinajstić information content (AvgIpc) is 2.45. The Hall–Kier alpha value is -1.71. The Labute approximate surface area is 123 Å². The van der Waals surface area contributed by atoms with Crippen molar-refractivity contribution in [3.05, 3.63) is 35.4 Å². The van der Waals surface area contributed by atoms with Gasteiger partial charge in [0.05, 0.1) is 17.8 Å². The molecule has 8 heteroatoms. The summed E-state index contributed by atoms with van der Waals surface area (Å²) >= 11 is 0. The summed E-state index contributed by atoms with van der Waals surface area (Å²) in [6.07, 6.45) is 5.67. The highest BCUT2D eigenvalue weighted by Gasteiger charge is 2.05. The van der Waals surface area contributed by atoms with Crippen molar-refractivity contribution in [1.29, 1.82) is 5.26 Å². The van der Waals surface area contributed by atoms with E-state index < -0.39 is 7.82 Å². The molecule has 0 saturated carbocycles. The number of benzene rings is 1. The van der Waals surface area contributed by atoms with Crippen LogP contribution in [0, 0.1) is 11.3 Å². The van der Waals surface area contributed by atoms with Crippen molar-refractivity contribution in [1.82, 2.24) is 5.01 Å². The Morgan fingerprint density at radius 2 is 1.67 bits per heavy atom. The van der Waals surface area contributed by atoms with Crippen LogP contribution < -0.4 is 0 Å². The quantitative estimate of drug-likeness (QED) is 0.562. The molecule has 0 unspecified atom stereocenters. The van der Waals surface area contributed by atoms with Crippen LogP contribution in [0.2, 0.25) is 0 Å². The van der Waals surface area contributed by atoms with Gasteiger partial charge in [-0.3, -0.25) is 5.01 Å². The first-order chi connectivity index (χ1) is 9.88. The molecule has 3 N–H and O–H groups in total. The van der Waals surface area contributed by atoms with E-state index in [1.807, 2.05) is 30.5 Å². The fourth-order valence-corrected chi connectivity index (χ4v) is 1.78. The fraction of sp³-hybridized carbons (Fsp3) is 0.385. The highest BCUT2D eigenvalue weighted by molar-refractivity contribution is 7.45. The average molecular weight is 311 g/mol. The maximum atomic E-state index is 8.88. The number of nitrogens with zero attached hydrogens (tertiary/aromatic N) is 3. The predicted octanol–water partition coefficient (Wildman–Crippen LogP) is 1.45. The van der Waals surface area contributed by atoms with Crippen LogP contribution >= 0.6 is 7.82 Å². The summed E-state index contributed by atoms with van der Waals surface area (Å²) in [6, 6.07) is 9.58. The van der Waals surface area contributed by atoms with E-state index in [4.69, 9.17) is 24.5 Å². The molecule has 1 aromatic rings. The number of hydrogen-bond acceptors (Lipinski definition) is 4. The minimum Gasteiger partial charge on any atom is -0.303 e. The van der Waals surface area contributed by atoms with Crippen LogP contribution in [0.25, 0.3) is 0 Å². The fourth-order valence-electron chi connectivity index (χ4n) is 1.78. The van der Waals surface area contributed by atoms with E-state index in [0.29, 0.717) is 5.56 Å².